The number of hydrogen-bond acceptors (Lipinski definition) is 2. The van der Waals surface area contributed by atoms with Crippen molar-refractivity contribution in [3.63, 3.8) is 0 Å². The van der Waals surface area contributed by atoms with E-state index in [1.807, 2.05) is 48.1 Å². The Morgan fingerprint density at radius 3 is 2.15 bits per heavy atom. The number of ketones is 1. The minimum atomic E-state index is 0. The van der Waals surface area contributed by atoms with Crippen molar-refractivity contribution < 1.29 is 26.3 Å². The molecule has 106 valence electrons. The van der Waals surface area contributed by atoms with Gasteiger partial charge >= 0.3 is 0 Å². The van der Waals surface area contributed by atoms with E-state index in [1.54, 1.807) is 24.3 Å². The molecular formula is C15H16BrClN2O. The fourth-order valence-corrected chi connectivity index (χ4v) is 1.87. The zero-order valence-corrected chi connectivity index (χ0v) is 13.7. The van der Waals surface area contributed by atoms with Gasteiger partial charge in [0, 0.05) is 42.5 Å². The van der Waals surface area contributed by atoms with Crippen LogP contribution in [0.4, 0.5) is 5.69 Å². The number of rotatable bonds is 4. The summed E-state index contributed by atoms with van der Waals surface area (Å²) in [6, 6.07) is 10.9. The third-order valence-corrected chi connectivity index (χ3v) is 3.13. The first-order chi connectivity index (χ1) is 9.06. The molecule has 0 aliphatic heterocycles. The molecule has 0 fully saturated rings. The fraction of sp³-hybridized carbons (Fsp3) is 0.200. The number of aromatic nitrogens is 1. The number of pyridine rings is 1. The lowest BCUT2D eigenvalue weighted by molar-refractivity contribution is -0.683. The van der Waals surface area contributed by atoms with Gasteiger partial charge in [0.15, 0.2) is 12.4 Å². The summed E-state index contributed by atoms with van der Waals surface area (Å²) in [5.41, 5.74) is 1.78. The van der Waals surface area contributed by atoms with Crippen LogP contribution >= 0.6 is 11.6 Å². The van der Waals surface area contributed by atoms with E-state index in [0.717, 1.165) is 5.69 Å². The molecule has 0 amide bonds. The van der Waals surface area contributed by atoms with E-state index in [4.69, 9.17) is 11.6 Å². The van der Waals surface area contributed by atoms with E-state index in [1.165, 1.54) is 0 Å². The Balaban J connectivity index is 0.00000200. The van der Waals surface area contributed by atoms with Gasteiger partial charge in [-0.2, -0.15) is 4.57 Å². The second-order valence-corrected chi connectivity index (χ2v) is 4.99. The van der Waals surface area contributed by atoms with Crippen molar-refractivity contribution in [3.8, 4) is 0 Å². The number of anilines is 1. The Morgan fingerprint density at radius 1 is 1.10 bits per heavy atom. The van der Waals surface area contributed by atoms with Crippen molar-refractivity contribution in [3.05, 3.63) is 59.4 Å². The molecule has 1 aromatic carbocycles. The van der Waals surface area contributed by atoms with Gasteiger partial charge in [-0.25, -0.2) is 0 Å². The van der Waals surface area contributed by atoms with Crippen LogP contribution in [-0.2, 0) is 6.54 Å². The first-order valence-corrected chi connectivity index (χ1v) is 6.39. The highest BCUT2D eigenvalue weighted by Crippen LogP contribution is 2.10. The summed E-state index contributed by atoms with van der Waals surface area (Å²) in [5, 5.41) is 0.638. The lowest BCUT2D eigenvalue weighted by atomic mass is 10.1. The van der Waals surface area contributed by atoms with E-state index in [-0.39, 0.29) is 22.8 Å². The van der Waals surface area contributed by atoms with Gasteiger partial charge in [0.25, 0.3) is 0 Å². The van der Waals surface area contributed by atoms with E-state index in [9.17, 15) is 4.79 Å². The molecule has 0 spiro atoms. The monoisotopic (exact) mass is 354 g/mol. The molecule has 5 heteroatoms. The normalized spacial score (nSPS) is 9.75. The maximum absolute atomic E-state index is 12.1. The Bertz CT molecular complexity index is 567. The summed E-state index contributed by atoms with van der Waals surface area (Å²) in [6.45, 7) is 0.329. The Hall–Kier alpha value is -1.39. The average Bonchev–Trinajstić information content (AvgIpc) is 2.40. The second-order valence-electron chi connectivity index (χ2n) is 4.55. The Kier molecular flexibility index (Phi) is 6.17. The van der Waals surface area contributed by atoms with Crippen LogP contribution in [0.1, 0.15) is 10.4 Å². The third-order valence-electron chi connectivity index (χ3n) is 2.88. The van der Waals surface area contributed by atoms with Crippen LogP contribution in [0.15, 0.2) is 48.8 Å². The first kappa shape index (κ1) is 16.7. The summed E-state index contributed by atoms with van der Waals surface area (Å²) < 4.78 is 1.87. The SMILES string of the molecule is CN(C)c1cc[n+](CC(=O)c2ccc(Cl)cc2)cc1.[Br-]. The minimum absolute atomic E-state index is 0. The number of carbonyl (C=O) groups excluding carboxylic acids is 1. The molecule has 20 heavy (non-hydrogen) atoms. The zero-order chi connectivity index (χ0) is 13.8. The number of benzene rings is 1. The van der Waals surface area contributed by atoms with Crippen molar-refractivity contribution in [2.24, 2.45) is 0 Å². The van der Waals surface area contributed by atoms with Gasteiger partial charge in [0.1, 0.15) is 0 Å². The lowest BCUT2D eigenvalue weighted by Crippen LogP contribution is -3.00. The van der Waals surface area contributed by atoms with Gasteiger partial charge < -0.3 is 21.9 Å². The van der Waals surface area contributed by atoms with E-state index in [0.29, 0.717) is 17.1 Å². The van der Waals surface area contributed by atoms with Crippen LogP contribution in [-0.4, -0.2) is 19.9 Å². The summed E-state index contributed by atoms with van der Waals surface area (Å²) in [7, 11) is 3.97. The molecule has 0 aliphatic rings. The topological polar surface area (TPSA) is 24.2 Å². The lowest BCUT2D eigenvalue weighted by Gasteiger charge is -2.10. The van der Waals surface area contributed by atoms with Gasteiger partial charge in [0.05, 0.1) is 0 Å². The van der Waals surface area contributed by atoms with Crippen molar-refractivity contribution in [2.75, 3.05) is 19.0 Å². The van der Waals surface area contributed by atoms with Crippen LogP contribution in [0.3, 0.4) is 0 Å². The molecular weight excluding hydrogens is 340 g/mol. The summed E-state index contributed by atoms with van der Waals surface area (Å²) in [6.07, 6.45) is 3.81. The molecule has 3 nitrogen and oxygen atoms in total. The highest BCUT2D eigenvalue weighted by atomic mass is 79.9. The summed E-state index contributed by atoms with van der Waals surface area (Å²) >= 11 is 5.80. The van der Waals surface area contributed by atoms with E-state index in [2.05, 4.69) is 0 Å². The maximum atomic E-state index is 12.1. The highest BCUT2D eigenvalue weighted by molar-refractivity contribution is 6.30. The minimum Gasteiger partial charge on any atom is -1.00 e. The average molecular weight is 356 g/mol. The molecule has 1 aromatic heterocycles. The molecule has 0 bridgehead atoms. The number of hydrogen-bond donors (Lipinski definition) is 0. The molecule has 0 saturated heterocycles. The Morgan fingerprint density at radius 2 is 1.65 bits per heavy atom. The molecule has 0 radical (unpaired) electrons. The number of carbonyl (C=O) groups is 1. The molecule has 0 N–H and O–H groups in total. The fourth-order valence-electron chi connectivity index (χ4n) is 1.75. The Labute approximate surface area is 134 Å². The molecule has 2 rings (SSSR count). The van der Waals surface area contributed by atoms with Crippen LogP contribution in [0.5, 0.6) is 0 Å². The summed E-state index contributed by atoms with van der Waals surface area (Å²) in [5.74, 6) is 0.0688. The van der Waals surface area contributed by atoms with E-state index >= 15 is 0 Å². The second kappa shape index (κ2) is 7.41. The van der Waals surface area contributed by atoms with Crippen LogP contribution < -0.4 is 26.4 Å². The van der Waals surface area contributed by atoms with Gasteiger partial charge in [-0.05, 0) is 24.3 Å². The number of nitrogens with zero attached hydrogens (tertiary/aromatic N) is 2. The van der Waals surface area contributed by atoms with Crippen molar-refractivity contribution in [1.82, 2.24) is 0 Å². The standard InChI is InChI=1S/C15H16ClN2O.BrH/c1-17(2)14-7-9-18(10-8-14)11-15(19)12-3-5-13(16)6-4-12;/h3-10H,11H2,1-2H3;1H/q+1;/p-1. The van der Waals surface area contributed by atoms with Crippen LogP contribution in [0.2, 0.25) is 5.02 Å². The van der Waals surface area contributed by atoms with Gasteiger partial charge in [0.2, 0.25) is 12.3 Å². The third kappa shape index (κ3) is 4.32. The first-order valence-electron chi connectivity index (χ1n) is 6.01. The van der Waals surface area contributed by atoms with Gasteiger partial charge in [-0.15, -0.1) is 0 Å². The molecule has 0 atom stereocenters. The largest absolute Gasteiger partial charge is 1.00 e. The van der Waals surface area contributed by atoms with Crippen LogP contribution in [0, 0.1) is 0 Å². The quantitative estimate of drug-likeness (QED) is 0.550. The van der Waals surface area contributed by atoms with Crippen molar-refractivity contribution in [2.45, 2.75) is 6.54 Å². The van der Waals surface area contributed by atoms with E-state index < -0.39 is 0 Å². The number of Topliss-reactive ketones (excluding diaryl/α,β-unsaturated/α-hetero) is 1. The maximum Gasteiger partial charge on any atom is 0.227 e. The van der Waals surface area contributed by atoms with Crippen molar-refractivity contribution >= 4 is 23.1 Å². The summed E-state index contributed by atoms with van der Waals surface area (Å²) in [4.78, 5) is 14.1. The predicted octanol–water partition coefficient (Wildman–Crippen LogP) is -0.420. The molecule has 0 unspecified atom stereocenters. The van der Waals surface area contributed by atoms with Crippen LogP contribution in [0.25, 0.3) is 0 Å². The predicted molar refractivity (Wildman–Crippen MR) is 76.7 cm³/mol. The molecule has 1 heterocycles. The van der Waals surface area contributed by atoms with Gasteiger partial charge in [-0.1, -0.05) is 11.6 Å². The molecule has 0 aliphatic carbocycles. The highest BCUT2D eigenvalue weighted by Gasteiger charge is 2.12. The zero-order valence-electron chi connectivity index (χ0n) is 11.4. The molecule has 0 saturated carbocycles. The number of halogens is 2. The van der Waals surface area contributed by atoms with Gasteiger partial charge in [-0.3, -0.25) is 4.79 Å². The molecule has 2 aromatic rings. The van der Waals surface area contributed by atoms with Crippen molar-refractivity contribution in [1.29, 1.82) is 0 Å². The smallest absolute Gasteiger partial charge is 0.227 e.